The molecule has 1 aromatic heterocycles. The molecule has 0 radical (unpaired) electrons. The van der Waals surface area contributed by atoms with Crippen LogP contribution in [0.1, 0.15) is 38.3 Å². The van der Waals surface area contributed by atoms with Gasteiger partial charge >= 0.3 is 0 Å². The lowest BCUT2D eigenvalue weighted by molar-refractivity contribution is -0.117. The monoisotopic (exact) mass is 447 g/mol. The summed E-state index contributed by atoms with van der Waals surface area (Å²) in [5, 5.41) is 3.63. The van der Waals surface area contributed by atoms with E-state index in [0.29, 0.717) is 11.8 Å². The van der Waals surface area contributed by atoms with Crippen molar-refractivity contribution in [1.29, 1.82) is 0 Å². The fourth-order valence-electron chi connectivity index (χ4n) is 4.13. The molecule has 1 aliphatic heterocycles. The van der Waals surface area contributed by atoms with E-state index in [9.17, 15) is 4.79 Å². The first-order valence-electron chi connectivity index (χ1n) is 8.83. The average Bonchev–Trinajstić information content (AvgIpc) is 3.43. The van der Waals surface area contributed by atoms with Crippen molar-refractivity contribution in [3.8, 4) is 0 Å². The Morgan fingerprint density at radius 3 is 2.64 bits per heavy atom. The second-order valence-electron chi connectivity index (χ2n) is 7.12. The molecule has 1 unspecified atom stereocenters. The fourth-order valence-corrected chi connectivity index (χ4v) is 4.45. The highest BCUT2D eigenvalue weighted by Gasteiger charge is 2.47. The Balaban J connectivity index is 1.76. The van der Waals surface area contributed by atoms with Gasteiger partial charge in [0.15, 0.2) is 0 Å². The van der Waals surface area contributed by atoms with Gasteiger partial charge in [0.25, 0.3) is 0 Å². The zero-order valence-electron chi connectivity index (χ0n) is 14.4. The molecule has 25 heavy (non-hydrogen) atoms. The van der Waals surface area contributed by atoms with Crippen LogP contribution >= 0.6 is 22.6 Å². The van der Waals surface area contributed by atoms with Crippen molar-refractivity contribution in [3.05, 3.63) is 51.7 Å². The van der Waals surface area contributed by atoms with Crippen molar-refractivity contribution in [2.45, 2.75) is 38.8 Å². The Kier molecular flexibility index (Phi) is 4.43. The predicted octanol–water partition coefficient (Wildman–Crippen LogP) is 4.62. The van der Waals surface area contributed by atoms with Gasteiger partial charge in [0.1, 0.15) is 5.82 Å². The summed E-state index contributed by atoms with van der Waals surface area (Å²) in [5.41, 5.74) is 2.23. The van der Waals surface area contributed by atoms with Gasteiger partial charge in [0, 0.05) is 34.3 Å². The van der Waals surface area contributed by atoms with Gasteiger partial charge in [-0.25, -0.2) is 4.98 Å². The first-order valence-corrected chi connectivity index (χ1v) is 9.91. The van der Waals surface area contributed by atoms with Crippen LogP contribution < -0.4 is 10.2 Å². The molecule has 2 aromatic rings. The van der Waals surface area contributed by atoms with Crippen molar-refractivity contribution in [2.75, 3.05) is 10.2 Å². The largest absolute Gasteiger partial charge is 0.363 e. The number of para-hydroxylation sites is 1. The van der Waals surface area contributed by atoms with Crippen LogP contribution in [0.15, 0.2) is 42.6 Å². The van der Waals surface area contributed by atoms with Gasteiger partial charge in [0.05, 0.1) is 6.04 Å². The lowest BCUT2D eigenvalue weighted by Gasteiger charge is -2.45. The van der Waals surface area contributed by atoms with Gasteiger partial charge in [0.2, 0.25) is 5.91 Å². The van der Waals surface area contributed by atoms with Crippen LogP contribution in [0, 0.1) is 15.4 Å². The van der Waals surface area contributed by atoms with Gasteiger partial charge in [-0.3, -0.25) is 4.79 Å². The summed E-state index contributed by atoms with van der Waals surface area (Å²) in [7, 11) is 0. The normalized spacial score (nSPS) is 25.4. The van der Waals surface area contributed by atoms with Crippen molar-refractivity contribution >= 4 is 40.0 Å². The van der Waals surface area contributed by atoms with Crippen LogP contribution in [-0.2, 0) is 4.79 Å². The molecule has 1 aliphatic carbocycles. The lowest BCUT2D eigenvalue weighted by atomic mass is 9.80. The maximum atomic E-state index is 12.4. The van der Waals surface area contributed by atoms with Crippen LogP contribution in [0.5, 0.6) is 0 Å². The summed E-state index contributed by atoms with van der Waals surface area (Å²) in [6.45, 7) is 3.95. The van der Waals surface area contributed by atoms with Crippen molar-refractivity contribution < 1.29 is 4.79 Å². The zero-order valence-corrected chi connectivity index (χ0v) is 16.6. The summed E-state index contributed by atoms with van der Waals surface area (Å²) in [5.74, 6) is 1.97. The molecular weight excluding hydrogens is 425 g/mol. The molecule has 1 saturated carbocycles. The first-order chi connectivity index (χ1) is 12.1. The number of benzene rings is 1. The van der Waals surface area contributed by atoms with Gasteiger partial charge in [-0.2, -0.15) is 0 Å². The van der Waals surface area contributed by atoms with Crippen LogP contribution in [0.4, 0.5) is 11.5 Å². The van der Waals surface area contributed by atoms with E-state index in [-0.39, 0.29) is 18.0 Å². The first kappa shape index (κ1) is 16.8. The number of carbonyl (C=O) groups excluding carboxylic acids is 1. The molecule has 0 bridgehead atoms. The molecule has 0 spiro atoms. The van der Waals surface area contributed by atoms with Crippen LogP contribution in [-0.4, -0.2) is 16.9 Å². The van der Waals surface area contributed by atoms with E-state index in [1.807, 2.05) is 23.2 Å². The Labute approximate surface area is 162 Å². The molecule has 5 heteroatoms. The molecule has 130 valence electrons. The number of nitrogens with zero attached hydrogens (tertiary/aromatic N) is 2. The second kappa shape index (κ2) is 6.59. The molecular formula is C20H22IN3O. The summed E-state index contributed by atoms with van der Waals surface area (Å²) in [6.07, 6.45) is 4.31. The third-order valence-corrected chi connectivity index (χ3v) is 6.01. The maximum Gasteiger partial charge on any atom is 0.224 e. The van der Waals surface area contributed by atoms with E-state index in [1.165, 1.54) is 18.4 Å². The average molecular weight is 447 g/mol. The van der Waals surface area contributed by atoms with Gasteiger partial charge in [-0.1, -0.05) is 25.1 Å². The number of halogens is 1. The molecule has 1 aromatic carbocycles. The number of nitrogens with one attached hydrogen (secondary N) is 1. The molecule has 2 aliphatic rings. The smallest absolute Gasteiger partial charge is 0.224 e. The van der Waals surface area contributed by atoms with Gasteiger partial charge in [-0.15, -0.1) is 0 Å². The van der Waals surface area contributed by atoms with Crippen LogP contribution in [0.3, 0.4) is 0 Å². The maximum absolute atomic E-state index is 12.4. The van der Waals surface area contributed by atoms with Crippen LogP contribution in [0.2, 0.25) is 0 Å². The molecule has 4 rings (SSSR count). The summed E-state index contributed by atoms with van der Waals surface area (Å²) >= 11 is 2.27. The zero-order chi connectivity index (χ0) is 17.6. The molecule has 1 fully saturated rings. The molecule has 3 atom stereocenters. The van der Waals surface area contributed by atoms with Crippen molar-refractivity contribution in [2.24, 2.45) is 11.8 Å². The number of fused-ring (bicyclic) bond motifs is 1. The van der Waals surface area contributed by atoms with Crippen molar-refractivity contribution in [1.82, 2.24) is 4.98 Å². The van der Waals surface area contributed by atoms with E-state index in [0.717, 1.165) is 15.1 Å². The lowest BCUT2D eigenvalue weighted by Crippen LogP contribution is -2.51. The van der Waals surface area contributed by atoms with E-state index in [1.54, 1.807) is 6.92 Å². The number of pyridine rings is 1. The van der Waals surface area contributed by atoms with E-state index >= 15 is 0 Å². The number of rotatable bonds is 3. The molecule has 1 amide bonds. The molecule has 1 N–H and O–H groups in total. The Morgan fingerprint density at radius 2 is 2.00 bits per heavy atom. The minimum absolute atomic E-state index is 0.141. The number of aromatic nitrogens is 1. The summed E-state index contributed by atoms with van der Waals surface area (Å²) < 4.78 is 1.12. The SMILES string of the molecule is CC(=O)N1c2ccccc2C(Nc2ccc(I)cn2)[C@@H](C)[C@@H]1C1CC1. The van der Waals surface area contributed by atoms with Crippen LogP contribution in [0.25, 0.3) is 0 Å². The van der Waals surface area contributed by atoms with Gasteiger partial charge < -0.3 is 10.2 Å². The summed E-state index contributed by atoms with van der Waals surface area (Å²) in [6, 6.07) is 12.8. The van der Waals surface area contributed by atoms with Gasteiger partial charge in [-0.05, 0) is 65.1 Å². The Morgan fingerprint density at radius 1 is 1.24 bits per heavy atom. The predicted molar refractivity (Wildman–Crippen MR) is 109 cm³/mol. The number of anilines is 2. The fraction of sp³-hybridized carbons (Fsp3) is 0.400. The third-order valence-electron chi connectivity index (χ3n) is 5.37. The van der Waals surface area contributed by atoms with Crippen molar-refractivity contribution in [3.63, 3.8) is 0 Å². The minimum atomic E-state index is 0.141. The second-order valence-corrected chi connectivity index (χ2v) is 8.36. The van der Waals surface area contributed by atoms with E-state index < -0.39 is 0 Å². The number of carbonyl (C=O) groups is 1. The standard InChI is InChI=1S/C20H22IN3O/c1-12-19(23-18-10-9-15(21)11-22-18)16-5-3-4-6-17(16)24(13(2)25)20(12)14-7-8-14/h3-6,9-12,14,19-20H,7-8H2,1-2H3,(H,22,23)/t12-,19?,20-/m1/s1. The van der Waals surface area contributed by atoms with E-state index in [2.05, 4.69) is 64.1 Å². The Hall–Kier alpha value is -1.63. The highest BCUT2D eigenvalue weighted by molar-refractivity contribution is 14.1. The number of hydrogen-bond donors (Lipinski definition) is 1. The Bertz CT molecular complexity index is 788. The number of amides is 1. The minimum Gasteiger partial charge on any atom is -0.363 e. The molecule has 0 saturated heterocycles. The topological polar surface area (TPSA) is 45.2 Å². The highest BCUT2D eigenvalue weighted by Crippen LogP contribution is 2.49. The highest BCUT2D eigenvalue weighted by atomic mass is 127. The summed E-state index contributed by atoms with van der Waals surface area (Å²) in [4.78, 5) is 19.0. The van der Waals surface area contributed by atoms with E-state index in [4.69, 9.17) is 0 Å². The number of hydrogen-bond acceptors (Lipinski definition) is 3. The molecule has 2 heterocycles. The molecule has 4 nitrogen and oxygen atoms in total. The quantitative estimate of drug-likeness (QED) is 0.699. The third kappa shape index (κ3) is 3.14.